The van der Waals surface area contributed by atoms with Gasteiger partial charge < -0.3 is 16.4 Å². The van der Waals surface area contributed by atoms with E-state index in [1.165, 1.54) is 17.2 Å². The minimum atomic E-state index is -0.231. The molecule has 0 aliphatic heterocycles. The maximum Gasteiger partial charge on any atom is 0.270 e. The lowest BCUT2D eigenvalue weighted by Gasteiger charge is -2.25. The zero-order valence-corrected chi connectivity index (χ0v) is 15.8. The van der Waals surface area contributed by atoms with Gasteiger partial charge in [-0.15, -0.1) is 0 Å². The number of carbonyl (C=O) groups is 1. The predicted molar refractivity (Wildman–Crippen MR) is 111 cm³/mol. The number of fused-ring (bicyclic) bond motifs is 1. The predicted octanol–water partition coefficient (Wildman–Crippen LogP) is 3.40. The molecule has 0 spiro atoms. The highest BCUT2D eigenvalue weighted by Gasteiger charge is 2.21. The summed E-state index contributed by atoms with van der Waals surface area (Å²) in [5.74, 6) is 0.331. The quantitative estimate of drug-likeness (QED) is 0.652. The van der Waals surface area contributed by atoms with Gasteiger partial charge in [-0.3, -0.25) is 4.79 Å². The number of anilines is 3. The first-order valence-electron chi connectivity index (χ1n) is 9.43. The molecule has 4 rings (SSSR count). The van der Waals surface area contributed by atoms with Crippen molar-refractivity contribution in [3.05, 3.63) is 77.0 Å². The van der Waals surface area contributed by atoms with Crippen molar-refractivity contribution in [3.8, 4) is 0 Å². The van der Waals surface area contributed by atoms with E-state index in [1.54, 1.807) is 0 Å². The maximum absolute atomic E-state index is 12.7. The average molecular weight is 373 g/mol. The molecule has 1 aromatic heterocycles. The summed E-state index contributed by atoms with van der Waals surface area (Å²) < 4.78 is 0. The smallest absolute Gasteiger partial charge is 0.270 e. The summed E-state index contributed by atoms with van der Waals surface area (Å²) in [4.78, 5) is 21.3. The van der Waals surface area contributed by atoms with E-state index in [4.69, 9.17) is 5.73 Å². The fourth-order valence-electron chi connectivity index (χ4n) is 3.48. The molecule has 2 aromatic carbocycles. The summed E-state index contributed by atoms with van der Waals surface area (Å²) >= 11 is 0. The number of aryl methyl sites for hydroxylation is 2. The lowest BCUT2D eigenvalue weighted by molar-refractivity contribution is 0.0928. The van der Waals surface area contributed by atoms with Gasteiger partial charge >= 0.3 is 0 Å². The Morgan fingerprint density at radius 3 is 2.61 bits per heavy atom. The summed E-state index contributed by atoms with van der Waals surface area (Å²) in [6.07, 6.45) is 2.71. The van der Waals surface area contributed by atoms with Crippen LogP contribution in [0.5, 0.6) is 0 Å². The molecule has 0 saturated heterocycles. The van der Waals surface area contributed by atoms with Gasteiger partial charge in [0, 0.05) is 17.8 Å². The molecule has 6 heteroatoms. The average Bonchev–Trinajstić information content (AvgIpc) is 2.69. The van der Waals surface area contributed by atoms with Gasteiger partial charge in [-0.1, -0.05) is 42.0 Å². The molecule has 0 bridgehead atoms. The summed E-state index contributed by atoms with van der Waals surface area (Å²) in [6, 6.07) is 17.8. The van der Waals surface area contributed by atoms with Gasteiger partial charge in [-0.25, -0.2) is 4.98 Å². The Kier molecular flexibility index (Phi) is 4.93. The third-order valence-electron chi connectivity index (χ3n) is 4.97. The third kappa shape index (κ3) is 4.11. The van der Waals surface area contributed by atoms with Gasteiger partial charge in [-0.2, -0.15) is 4.98 Å². The monoisotopic (exact) mass is 373 g/mol. The van der Waals surface area contributed by atoms with E-state index in [2.05, 4.69) is 38.8 Å². The molecular weight excluding hydrogens is 350 g/mol. The van der Waals surface area contributed by atoms with E-state index in [-0.39, 0.29) is 23.5 Å². The van der Waals surface area contributed by atoms with Crippen LogP contribution in [0.3, 0.4) is 0 Å². The number of nitrogens with zero attached hydrogens (tertiary/aromatic N) is 2. The van der Waals surface area contributed by atoms with E-state index >= 15 is 0 Å². The van der Waals surface area contributed by atoms with Gasteiger partial charge in [0.1, 0.15) is 11.5 Å². The summed E-state index contributed by atoms with van der Waals surface area (Å²) in [6.45, 7) is 2.02. The topological polar surface area (TPSA) is 92.9 Å². The second-order valence-corrected chi connectivity index (χ2v) is 7.17. The molecule has 3 aromatic rings. The zero-order valence-electron chi connectivity index (χ0n) is 15.8. The standard InChI is InChI=1S/C22H23N5O/c1-14-6-9-17(10-7-14)25-22-26-19(13-20(23)27-22)21(28)24-18-11-8-15-4-2-3-5-16(15)12-18/h2-7,9-10,13,18H,8,11-12H2,1H3,(H,24,28)(H3,23,25,26,27). The van der Waals surface area contributed by atoms with E-state index in [9.17, 15) is 4.79 Å². The van der Waals surface area contributed by atoms with Crippen LogP contribution in [0.2, 0.25) is 0 Å². The fourth-order valence-corrected chi connectivity index (χ4v) is 3.48. The molecule has 4 N–H and O–H groups in total. The van der Waals surface area contributed by atoms with Crippen LogP contribution < -0.4 is 16.4 Å². The Morgan fingerprint density at radius 1 is 1.07 bits per heavy atom. The molecule has 142 valence electrons. The van der Waals surface area contributed by atoms with Crippen molar-refractivity contribution in [2.45, 2.75) is 32.2 Å². The Bertz CT molecular complexity index is 1000. The minimum Gasteiger partial charge on any atom is -0.384 e. The van der Waals surface area contributed by atoms with Crippen molar-refractivity contribution in [2.24, 2.45) is 0 Å². The second-order valence-electron chi connectivity index (χ2n) is 7.17. The lowest BCUT2D eigenvalue weighted by Crippen LogP contribution is -2.39. The van der Waals surface area contributed by atoms with Crippen molar-refractivity contribution in [3.63, 3.8) is 0 Å². The number of hydrogen-bond acceptors (Lipinski definition) is 5. The fraction of sp³-hybridized carbons (Fsp3) is 0.227. The van der Waals surface area contributed by atoms with E-state index in [1.807, 2.05) is 37.3 Å². The molecule has 28 heavy (non-hydrogen) atoms. The molecule has 1 aliphatic carbocycles. The van der Waals surface area contributed by atoms with Gasteiger partial charge in [0.25, 0.3) is 5.91 Å². The van der Waals surface area contributed by atoms with E-state index in [0.29, 0.717) is 5.95 Å². The summed E-state index contributed by atoms with van der Waals surface area (Å²) in [7, 11) is 0. The van der Waals surface area contributed by atoms with Crippen LogP contribution in [-0.2, 0) is 12.8 Å². The first-order valence-corrected chi connectivity index (χ1v) is 9.43. The molecule has 0 saturated carbocycles. The molecule has 0 fully saturated rings. The molecule has 0 radical (unpaired) electrons. The highest BCUT2D eigenvalue weighted by atomic mass is 16.1. The molecule has 1 unspecified atom stereocenters. The number of nitrogens with two attached hydrogens (primary N) is 1. The number of benzene rings is 2. The number of aromatic nitrogens is 2. The largest absolute Gasteiger partial charge is 0.384 e. The van der Waals surface area contributed by atoms with Crippen molar-refractivity contribution in [2.75, 3.05) is 11.1 Å². The van der Waals surface area contributed by atoms with Crippen molar-refractivity contribution >= 4 is 23.4 Å². The van der Waals surface area contributed by atoms with Gasteiger partial charge in [0.15, 0.2) is 0 Å². The second kappa shape index (κ2) is 7.68. The Morgan fingerprint density at radius 2 is 1.82 bits per heavy atom. The molecule has 6 nitrogen and oxygen atoms in total. The van der Waals surface area contributed by atoms with E-state index < -0.39 is 0 Å². The van der Waals surface area contributed by atoms with Crippen LogP contribution in [0, 0.1) is 6.92 Å². The Hall–Kier alpha value is -3.41. The van der Waals surface area contributed by atoms with Crippen LogP contribution in [0.25, 0.3) is 0 Å². The molecule has 1 heterocycles. The molecule has 1 aliphatic rings. The molecule has 1 atom stereocenters. The normalized spacial score (nSPS) is 15.5. The minimum absolute atomic E-state index is 0.0899. The van der Waals surface area contributed by atoms with Crippen LogP contribution in [-0.4, -0.2) is 21.9 Å². The zero-order chi connectivity index (χ0) is 19.5. The lowest BCUT2D eigenvalue weighted by atomic mass is 9.88. The van der Waals surface area contributed by atoms with E-state index in [0.717, 1.165) is 30.5 Å². The number of amides is 1. The SMILES string of the molecule is Cc1ccc(Nc2nc(N)cc(C(=O)NC3CCc4ccccc4C3)n2)cc1. The van der Waals surface area contributed by atoms with Crippen molar-refractivity contribution in [1.82, 2.24) is 15.3 Å². The van der Waals surface area contributed by atoms with Gasteiger partial charge in [0.2, 0.25) is 5.95 Å². The Balaban J connectivity index is 1.47. The summed E-state index contributed by atoms with van der Waals surface area (Å²) in [5.41, 5.74) is 10.8. The first-order chi connectivity index (χ1) is 13.6. The number of hydrogen-bond donors (Lipinski definition) is 3. The van der Waals surface area contributed by atoms with Gasteiger partial charge in [-0.05, 0) is 49.4 Å². The Labute approximate surface area is 164 Å². The number of nitrogens with one attached hydrogen (secondary N) is 2. The van der Waals surface area contributed by atoms with Gasteiger partial charge in [0.05, 0.1) is 0 Å². The maximum atomic E-state index is 12.7. The van der Waals surface area contributed by atoms with Crippen LogP contribution in [0.15, 0.2) is 54.6 Å². The third-order valence-corrected chi connectivity index (χ3v) is 4.97. The number of nitrogen functional groups attached to an aromatic ring is 1. The first kappa shape index (κ1) is 18.0. The van der Waals surface area contributed by atoms with Crippen LogP contribution in [0.4, 0.5) is 17.5 Å². The number of carbonyl (C=O) groups excluding carboxylic acids is 1. The molecular formula is C22H23N5O. The van der Waals surface area contributed by atoms with Crippen molar-refractivity contribution in [1.29, 1.82) is 0 Å². The number of rotatable bonds is 4. The highest BCUT2D eigenvalue weighted by Crippen LogP contribution is 2.21. The van der Waals surface area contributed by atoms with Crippen molar-refractivity contribution < 1.29 is 4.79 Å². The molecule has 1 amide bonds. The highest BCUT2D eigenvalue weighted by molar-refractivity contribution is 5.93. The van der Waals surface area contributed by atoms with Crippen LogP contribution >= 0.6 is 0 Å². The summed E-state index contributed by atoms with van der Waals surface area (Å²) in [5, 5.41) is 6.19. The van der Waals surface area contributed by atoms with Crippen LogP contribution in [0.1, 0.15) is 33.6 Å².